The van der Waals surface area contributed by atoms with Crippen molar-refractivity contribution < 1.29 is 4.74 Å². The number of ether oxygens (including phenoxy) is 1. The summed E-state index contributed by atoms with van der Waals surface area (Å²) in [6.07, 6.45) is 0. The number of hydrogen-bond donors (Lipinski definition) is 1. The highest BCUT2D eigenvalue weighted by Gasteiger charge is 2.24. The van der Waals surface area contributed by atoms with E-state index in [1.807, 2.05) is 6.92 Å². The predicted octanol–water partition coefficient (Wildman–Crippen LogP) is 6.91. The minimum absolute atomic E-state index is 0.390. The molecule has 0 radical (unpaired) electrons. The zero-order valence-electron chi connectivity index (χ0n) is 24.0. The number of aromatic nitrogens is 3. The van der Waals surface area contributed by atoms with Gasteiger partial charge in [-0.2, -0.15) is 0 Å². The number of anilines is 1. The largest absolute Gasteiger partial charge is 0.491 e. The van der Waals surface area contributed by atoms with Crippen LogP contribution in [0.1, 0.15) is 67.5 Å². The Hall–Kier alpha value is -3.38. The van der Waals surface area contributed by atoms with Crippen molar-refractivity contribution in [2.75, 3.05) is 31.1 Å². The Morgan fingerprint density at radius 2 is 1.79 bits per heavy atom. The molecule has 1 N–H and O–H groups in total. The fourth-order valence-electron chi connectivity index (χ4n) is 5.86. The number of pyridine rings is 1. The third-order valence-electron chi connectivity index (χ3n) is 7.73. The Bertz CT molecular complexity index is 1450. The van der Waals surface area contributed by atoms with E-state index < -0.39 is 0 Å². The average Bonchev–Trinajstić information content (AvgIpc) is 3.11. The van der Waals surface area contributed by atoms with Gasteiger partial charge in [0.2, 0.25) is 0 Å². The number of H-pyrrole nitrogens is 1. The number of aryl methyl sites for hydroxylation is 3. The third-order valence-corrected chi connectivity index (χ3v) is 7.73. The van der Waals surface area contributed by atoms with Crippen LogP contribution >= 0.6 is 0 Å². The van der Waals surface area contributed by atoms with Crippen LogP contribution in [0.25, 0.3) is 22.2 Å². The molecule has 3 heterocycles. The number of fused-ring (bicyclic) bond motifs is 2. The number of nitrogens with zero attached hydrogens (tertiary/aromatic N) is 4. The fraction of sp³-hybridized carbons (Fsp3) is 0.438. The third kappa shape index (κ3) is 5.14. The zero-order valence-corrected chi connectivity index (χ0v) is 24.0. The van der Waals surface area contributed by atoms with Gasteiger partial charge in [-0.3, -0.25) is 9.88 Å². The summed E-state index contributed by atoms with van der Waals surface area (Å²) >= 11 is 0. The smallest absolute Gasteiger partial charge is 0.127 e. The van der Waals surface area contributed by atoms with Gasteiger partial charge in [0.15, 0.2) is 0 Å². The lowest BCUT2D eigenvalue weighted by Crippen LogP contribution is -2.28. The topological polar surface area (TPSA) is 57.3 Å². The second-order valence-electron chi connectivity index (χ2n) is 10.9. The van der Waals surface area contributed by atoms with Gasteiger partial charge in [-0.25, -0.2) is 4.98 Å². The Morgan fingerprint density at radius 1 is 1.00 bits per heavy atom. The van der Waals surface area contributed by atoms with Crippen LogP contribution in [0, 0.1) is 20.8 Å². The Kier molecular flexibility index (Phi) is 7.44. The second kappa shape index (κ2) is 10.8. The molecular formula is C32H41N5O. The summed E-state index contributed by atoms with van der Waals surface area (Å²) in [5, 5.41) is 0. The van der Waals surface area contributed by atoms with E-state index in [0.29, 0.717) is 12.5 Å². The molecule has 1 aliphatic heterocycles. The summed E-state index contributed by atoms with van der Waals surface area (Å²) in [5.41, 5.74) is 11.8. The highest BCUT2D eigenvalue weighted by atomic mass is 16.5. The minimum Gasteiger partial charge on any atom is -0.491 e. The first kappa shape index (κ1) is 26.2. The van der Waals surface area contributed by atoms with Gasteiger partial charge in [0.1, 0.15) is 18.2 Å². The van der Waals surface area contributed by atoms with E-state index in [4.69, 9.17) is 9.72 Å². The standard InChI is InChI=1S/C32H41N5O/c1-8-36(9-2)19-27-17-30(31(20(3)4)22(6)33-27)37-12-13-38-32-21(5)14-25(15-26(32)18-37)24-10-11-28-29(16-24)35-23(7)34-28/h10-11,14-17,20H,8-9,12-13,18-19H2,1-7H3,(H,34,35). The monoisotopic (exact) mass is 511 g/mol. The molecule has 0 fully saturated rings. The number of rotatable bonds is 7. The van der Waals surface area contributed by atoms with Crippen molar-refractivity contribution in [3.8, 4) is 16.9 Å². The molecule has 1 aliphatic rings. The molecule has 2 aromatic heterocycles. The van der Waals surface area contributed by atoms with E-state index >= 15 is 0 Å². The molecule has 6 heteroatoms. The Labute approximate surface area is 227 Å². The van der Waals surface area contributed by atoms with Gasteiger partial charge in [0.05, 0.1) is 23.3 Å². The fourth-order valence-corrected chi connectivity index (χ4v) is 5.86. The van der Waals surface area contributed by atoms with E-state index in [9.17, 15) is 0 Å². The SMILES string of the molecule is CCN(CC)Cc1cc(N2CCOc3c(C)cc(-c4ccc5nc(C)[nH]c5c4)cc3C2)c(C(C)C)c(C)n1. The van der Waals surface area contributed by atoms with E-state index in [0.717, 1.165) is 66.7 Å². The van der Waals surface area contributed by atoms with Gasteiger partial charge in [-0.1, -0.05) is 33.8 Å². The second-order valence-corrected chi connectivity index (χ2v) is 10.9. The Morgan fingerprint density at radius 3 is 2.53 bits per heavy atom. The molecule has 0 aliphatic carbocycles. The van der Waals surface area contributed by atoms with Gasteiger partial charge >= 0.3 is 0 Å². The van der Waals surface area contributed by atoms with Crippen LogP contribution in [0.5, 0.6) is 5.75 Å². The maximum Gasteiger partial charge on any atom is 0.127 e. The van der Waals surface area contributed by atoms with Crippen molar-refractivity contribution in [3.05, 3.63) is 70.3 Å². The molecule has 6 nitrogen and oxygen atoms in total. The first-order valence-corrected chi connectivity index (χ1v) is 14.0. The van der Waals surface area contributed by atoms with Gasteiger partial charge < -0.3 is 14.6 Å². The molecule has 0 saturated heterocycles. The summed E-state index contributed by atoms with van der Waals surface area (Å²) in [6, 6.07) is 13.4. The number of benzene rings is 2. The normalized spacial score (nSPS) is 13.8. The molecule has 0 spiro atoms. The lowest BCUT2D eigenvalue weighted by atomic mass is 9.96. The summed E-state index contributed by atoms with van der Waals surface area (Å²) in [5.74, 6) is 2.35. The van der Waals surface area contributed by atoms with Crippen molar-refractivity contribution in [1.82, 2.24) is 19.9 Å². The molecule has 0 atom stereocenters. The lowest BCUT2D eigenvalue weighted by molar-refractivity contribution is 0.292. The van der Waals surface area contributed by atoms with Gasteiger partial charge in [0.25, 0.3) is 0 Å². The van der Waals surface area contributed by atoms with Crippen LogP contribution in [0.15, 0.2) is 36.4 Å². The number of aromatic amines is 1. The minimum atomic E-state index is 0.390. The highest BCUT2D eigenvalue weighted by molar-refractivity contribution is 5.82. The van der Waals surface area contributed by atoms with Gasteiger partial charge in [-0.15, -0.1) is 0 Å². The first-order chi connectivity index (χ1) is 18.3. The zero-order chi connectivity index (χ0) is 27.0. The molecule has 0 amide bonds. The van der Waals surface area contributed by atoms with Gasteiger partial charge in [0, 0.05) is 30.0 Å². The Balaban J connectivity index is 1.55. The molecule has 0 unspecified atom stereocenters. The van der Waals surface area contributed by atoms with Crippen LogP contribution in [-0.2, 0) is 13.1 Å². The molecular weight excluding hydrogens is 470 g/mol. The van der Waals surface area contributed by atoms with Crippen molar-refractivity contribution in [3.63, 3.8) is 0 Å². The van der Waals surface area contributed by atoms with E-state index in [-0.39, 0.29) is 0 Å². The molecule has 0 saturated carbocycles. The summed E-state index contributed by atoms with van der Waals surface area (Å²) in [6.45, 7) is 20.5. The van der Waals surface area contributed by atoms with Crippen molar-refractivity contribution >= 4 is 16.7 Å². The van der Waals surface area contributed by atoms with Crippen LogP contribution in [0.3, 0.4) is 0 Å². The summed E-state index contributed by atoms with van der Waals surface area (Å²) in [4.78, 5) is 17.9. The van der Waals surface area contributed by atoms with E-state index in [1.54, 1.807) is 0 Å². The van der Waals surface area contributed by atoms with E-state index in [1.165, 1.54) is 33.5 Å². The number of nitrogens with one attached hydrogen (secondary N) is 1. The molecule has 38 heavy (non-hydrogen) atoms. The summed E-state index contributed by atoms with van der Waals surface area (Å²) in [7, 11) is 0. The van der Waals surface area contributed by atoms with Crippen LogP contribution in [-0.4, -0.2) is 46.1 Å². The van der Waals surface area contributed by atoms with Crippen molar-refractivity contribution in [2.24, 2.45) is 0 Å². The van der Waals surface area contributed by atoms with Gasteiger partial charge in [-0.05, 0) is 92.4 Å². The summed E-state index contributed by atoms with van der Waals surface area (Å²) < 4.78 is 6.37. The predicted molar refractivity (Wildman–Crippen MR) is 157 cm³/mol. The van der Waals surface area contributed by atoms with Crippen LogP contribution < -0.4 is 9.64 Å². The lowest BCUT2D eigenvalue weighted by Gasteiger charge is -2.29. The maximum absolute atomic E-state index is 6.37. The van der Waals surface area contributed by atoms with Crippen LogP contribution in [0.2, 0.25) is 0 Å². The number of hydrogen-bond acceptors (Lipinski definition) is 5. The van der Waals surface area contributed by atoms with Crippen molar-refractivity contribution in [2.45, 2.75) is 67.5 Å². The maximum atomic E-state index is 6.37. The molecule has 4 aromatic rings. The van der Waals surface area contributed by atoms with Crippen LogP contribution in [0.4, 0.5) is 5.69 Å². The molecule has 0 bridgehead atoms. The molecule has 2 aromatic carbocycles. The van der Waals surface area contributed by atoms with Crippen molar-refractivity contribution in [1.29, 1.82) is 0 Å². The highest BCUT2D eigenvalue weighted by Crippen LogP contribution is 2.37. The molecule has 5 rings (SSSR count). The average molecular weight is 512 g/mol. The van der Waals surface area contributed by atoms with E-state index in [2.05, 4.69) is 97.7 Å². The number of imidazole rings is 1. The quantitative estimate of drug-likeness (QED) is 0.292. The first-order valence-electron chi connectivity index (χ1n) is 14.0. The molecule has 200 valence electrons.